The van der Waals surface area contributed by atoms with Crippen LogP contribution in [-0.4, -0.2) is 54.2 Å². The number of halogens is 1. The standard InChI is InChI=1S/C19H26N6O.HI/c1-20-19(22-13-18(26)24(2)3)21-12-16-15-10-7-11-17(15)25(23-16)14-8-5-4-6-9-14;/h4-6,8-9H,7,10-13H2,1-3H3,(H2,20,21,22);1H. The molecule has 1 aromatic heterocycles. The molecule has 8 heteroatoms. The van der Waals surface area contributed by atoms with Crippen LogP contribution in [0.2, 0.25) is 0 Å². The summed E-state index contributed by atoms with van der Waals surface area (Å²) in [5.74, 6) is 0.600. The van der Waals surface area contributed by atoms with Gasteiger partial charge in [0.15, 0.2) is 5.96 Å². The van der Waals surface area contributed by atoms with Crippen LogP contribution in [0.5, 0.6) is 0 Å². The monoisotopic (exact) mass is 482 g/mol. The Labute approximate surface area is 177 Å². The van der Waals surface area contributed by atoms with Crippen LogP contribution in [0.1, 0.15) is 23.4 Å². The molecule has 2 aromatic rings. The first-order valence-corrected chi connectivity index (χ1v) is 8.90. The number of nitrogens with zero attached hydrogens (tertiary/aromatic N) is 4. The lowest BCUT2D eigenvalue weighted by atomic mass is 10.2. The van der Waals surface area contributed by atoms with Gasteiger partial charge in [0.1, 0.15) is 0 Å². The number of likely N-dealkylation sites (N-methyl/N-ethyl adjacent to an activating group) is 1. The molecule has 7 nitrogen and oxygen atoms in total. The fourth-order valence-electron chi connectivity index (χ4n) is 3.14. The van der Waals surface area contributed by atoms with Gasteiger partial charge in [0, 0.05) is 26.8 Å². The number of nitrogens with one attached hydrogen (secondary N) is 2. The van der Waals surface area contributed by atoms with E-state index in [1.807, 2.05) is 18.2 Å². The Balaban J connectivity index is 0.00000261. The Morgan fingerprint density at radius 1 is 1.22 bits per heavy atom. The number of carbonyl (C=O) groups excluding carboxylic acids is 1. The molecule has 0 atom stereocenters. The Morgan fingerprint density at radius 2 is 1.96 bits per heavy atom. The van der Waals surface area contributed by atoms with Crippen molar-refractivity contribution in [2.45, 2.75) is 25.8 Å². The molecule has 0 spiro atoms. The summed E-state index contributed by atoms with van der Waals surface area (Å²) in [6.07, 6.45) is 3.28. The zero-order valence-electron chi connectivity index (χ0n) is 16.0. The maximum Gasteiger partial charge on any atom is 0.241 e. The van der Waals surface area contributed by atoms with Crippen molar-refractivity contribution < 1.29 is 4.79 Å². The molecule has 1 aromatic carbocycles. The van der Waals surface area contributed by atoms with Gasteiger partial charge in [-0.25, -0.2) is 4.68 Å². The average molecular weight is 482 g/mol. The molecule has 0 unspecified atom stereocenters. The highest BCUT2D eigenvalue weighted by molar-refractivity contribution is 14.0. The molecule has 27 heavy (non-hydrogen) atoms. The number of hydrogen-bond acceptors (Lipinski definition) is 3. The van der Waals surface area contributed by atoms with Crippen molar-refractivity contribution in [2.75, 3.05) is 27.7 Å². The second-order valence-electron chi connectivity index (χ2n) is 6.54. The number of rotatable bonds is 5. The molecule has 0 fully saturated rings. The van der Waals surface area contributed by atoms with Gasteiger partial charge in [0.2, 0.25) is 5.91 Å². The van der Waals surface area contributed by atoms with Gasteiger partial charge < -0.3 is 15.5 Å². The highest BCUT2D eigenvalue weighted by atomic mass is 127. The quantitative estimate of drug-likeness (QED) is 0.387. The van der Waals surface area contributed by atoms with E-state index >= 15 is 0 Å². The molecule has 1 aliphatic rings. The van der Waals surface area contributed by atoms with E-state index in [0.29, 0.717) is 12.5 Å². The summed E-state index contributed by atoms with van der Waals surface area (Å²) in [5, 5.41) is 11.1. The summed E-state index contributed by atoms with van der Waals surface area (Å²) in [4.78, 5) is 17.4. The smallest absolute Gasteiger partial charge is 0.241 e. The number of carbonyl (C=O) groups is 1. The van der Waals surface area contributed by atoms with Crippen molar-refractivity contribution in [3.05, 3.63) is 47.3 Å². The summed E-state index contributed by atoms with van der Waals surface area (Å²) < 4.78 is 2.06. The van der Waals surface area contributed by atoms with Gasteiger partial charge >= 0.3 is 0 Å². The number of aliphatic imine (C=N–C) groups is 1. The van der Waals surface area contributed by atoms with Gasteiger partial charge in [-0.05, 0) is 37.0 Å². The first-order valence-electron chi connectivity index (χ1n) is 8.90. The lowest BCUT2D eigenvalue weighted by Crippen LogP contribution is -2.42. The number of aromatic nitrogens is 2. The Bertz CT molecular complexity index is 800. The van der Waals surface area contributed by atoms with E-state index in [9.17, 15) is 4.79 Å². The van der Waals surface area contributed by atoms with E-state index in [1.54, 1.807) is 26.0 Å². The third kappa shape index (κ3) is 5.00. The molecule has 3 rings (SSSR count). The van der Waals surface area contributed by atoms with Crippen molar-refractivity contribution in [3.8, 4) is 5.69 Å². The molecule has 0 bridgehead atoms. The van der Waals surface area contributed by atoms with Gasteiger partial charge in [0.05, 0.1) is 24.5 Å². The molecule has 0 radical (unpaired) electrons. The maximum atomic E-state index is 11.7. The maximum absolute atomic E-state index is 11.7. The largest absolute Gasteiger partial charge is 0.351 e. The molecule has 146 valence electrons. The summed E-state index contributed by atoms with van der Waals surface area (Å²) in [7, 11) is 5.17. The fourth-order valence-corrected chi connectivity index (χ4v) is 3.14. The second kappa shape index (κ2) is 9.72. The number of guanidine groups is 1. The first-order chi connectivity index (χ1) is 12.6. The van der Waals surface area contributed by atoms with E-state index < -0.39 is 0 Å². The lowest BCUT2D eigenvalue weighted by molar-refractivity contribution is -0.127. The first kappa shape index (κ1) is 21.2. The van der Waals surface area contributed by atoms with Crippen LogP contribution in [0.3, 0.4) is 0 Å². The molecule has 0 saturated heterocycles. The topological polar surface area (TPSA) is 74.6 Å². The number of fused-ring (bicyclic) bond motifs is 1. The van der Waals surface area contributed by atoms with Crippen LogP contribution >= 0.6 is 24.0 Å². The van der Waals surface area contributed by atoms with Crippen molar-refractivity contribution in [2.24, 2.45) is 4.99 Å². The third-order valence-electron chi connectivity index (χ3n) is 4.57. The zero-order chi connectivity index (χ0) is 18.5. The molecule has 2 N–H and O–H groups in total. The zero-order valence-corrected chi connectivity index (χ0v) is 18.4. The number of hydrogen-bond donors (Lipinski definition) is 2. The average Bonchev–Trinajstić information content (AvgIpc) is 3.25. The third-order valence-corrected chi connectivity index (χ3v) is 4.57. The predicted octanol–water partition coefficient (Wildman–Crippen LogP) is 1.73. The minimum absolute atomic E-state index is 0. The molecule has 0 aliphatic heterocycles. The number of amides is 1. The SMILES string of the molecule is CN=C(NCC(=O)N(C)C)NCc1nn(-c2ccccc2)c2c1CCC2.I. The second-order valence-corrected chi connectivity index (χ2v) is 6.54. The minimum Gasteiger partial charge on any atom is -0.351 e. The molecule has 1 amide bonds. The van der Waals surface area contributed by atoms with Gasteiger partial charge in [-0.15, -0.1) is 24.0 Å². The highest BCUT2D eigenvalue weighted by Crippen LogP contribution is 2.27. The van der Waals surface area contributed by atoms with Crippen LogP contribution in [0.15, 0.2) is 35.3 Å². The number of para-hydroxylation sites is 1. The Morgan fingerprint density at radius 3 is 2.63 bits per heavy atom. The minimum atomic E-state index is 0. The normalized spacial score (nSPS) is 12.9. The van der Waals surface area contributed by atoms with Crippen LogP contribution in [-0.2, 0) is 24.2 Å². The van der Waals surface area contributed by atoms with E-state index in [2.05, 4.69) is 32.4 Å². The summed E-state index contributed by atoms with van der Waals surface area (Å²) in [6, 6.07) is 10.2. The van der Waals surface area contributed by atoms with Crippen LogP contribution < -0.4 is 10.6 Å². The van der Waals surface area contributed by atoms with Crippen LogP contribution in [0.25, 0.3) is 5.69 Å². The lowest BCUT2D eigenvalue weighted by Gasteiger charge is -2.14. The summed E-state index contributed by atoms with van der Waals surface area (Å²) >= 11 is 0. The Kier molecular flexibility index (Phi) is 7.64. The van der Waals surface area contributed by atoms with E-state index in [-0.39, 0.29) is 36.4 Å². The summed E-state index contributed by atoms with van der Waals surface area (Å²) in [6.45, 7) is 0.793. The van der Waals surface area contributed by atoms with Crippen LogP contribution in [0, 0.1) is 0 Å². The van der Waals surface area contributed by atoms with Crippen molar-refractivity contribution in [1.29, 1.82) is 0 Å². The van der Waals surface area contributed by atoms with E-state index in [1.165, 1.54) is 11.3 Å². The molecule has 0 saturated carbocycles. The number of benzene rings is 1. The highest BCUT2D eigenvalue weighted by Gasteiger charge is 2.23. The van der Waals surface area contributed by atoms with Crippen LogP contribution in [0.4, 0.5) is 0 Å². The van der Waals surface area contributed by atoms with Crippen molar-refractivity contribution in [3.63, 3.8) is 0 Å². The molecule has 1 aliphatic carbocycles. The van der Waals surface area contributed by atoms with Crippen molar-refractivity contribution >= 4 is 35.8 Å². The van der Waals surface area contributed by atoms with Gasteiger partial charge in [-0.2, -0.15) is 5.10 Å². The predicted molar refractivity (Wildman–Crippen MR) is 118 cm³/mol. The molecular weight excluding hydrogens is 455 g/mol. The van der Waals surface area contributed by atoms with E-state index in [4.69, 9.17) is 5.10 Å². The summed E-state index contributed by atoms with van der Waals surface area (Å²) in [5.41, 5.74) is 4.78. The van der Waals surface area contributed by atoms with Gasteiger partial charge in [0.25, 0.3) is 0 Å². The molecular formula is C19H27IN6O. The van der Waals surface area contributed by atoms with Gasteiger partial charge in [-0.1, -0.05) is 18.2 Å². The van der Waals surface area contributed by atoms with E-state index in [0.717, 1.165) is 30.6 Å². The van der Waals surface area contributed by atoms with Crippen molar-refractivity contribution in [1.82, 2.24) is 25.3 Å². The Hall–Kier alpha value is -2.10. The van der Waals surface area contributed by atoms with Gasteiger partial charge in [-0.3, -0.25) is 9.79 Å². The molecule has 1 heterocycles. The fraction of sp³-hybridized carbons (Fsp3) is 0.421.